The van der Waals surface area contributed by atoms with E-state index < -0.39 is 12.6 Å². The van der Waals surface area contributed by atoms with Crippen molar-refractivity contribution in [3.05, 3.63) is 75.4 Å². The van der Waals surface area contributed by atoms with Crippen LogP contribution >= 0.6 is 15.9 Å². The normalized spacial score (nSPS) is 9.21. The lowest BCUT2D eigenvalue weighted by Gasteiger charge is -2.07. The summed E-state index contributed by atoms with van der Waals surface area (Å²) in [6.07, 6.45) is 0. The van der Waals surface area contributed by atoms with Gasteiger partial charge in [0.1, 0.15) is 23.9 Å². The molecule has 0 bridgehead atoms. The van der Waals surface area contributed by atoms with Gasteiger partial charge in [-0.15, -0.1) is 0 Å². The van der Waals surface area contributed by atoms with Crippen molar-refractivity contribution in [3.8, 4) is 18.2 Å². The second-order valence-corrected chi connectivity index (χ2v) is 6.21. The van der Waals surface area contributed by atoms with Gasteiger partial charge in [-0.05, 0) is 36.4 Å². The number of esters is 1. The number of benzene rings is 2. The van der Waals surface area contributed by atoms with Crippen molar-refractivity contribution in [2.45, 2.75) is 0 Å². The second-order valence-electron chi connectivity index (χ2n) is 5.29. The molecule has 0 aromatic heterocycles. The topological polar surface area (TPSA) is 127 Å². The van der Waals surface area contributed by atoms with Gasteiger partial charge in [0.05, 0.1) is 5.56 Å². The maximum absolute atomic E-state index is 12.1. The minimum atomic E-state index is -0.678. The van der Waals surface area contributed by atoms with Gasteiger partial charge in [0.15, 0.2) is 18.0 Å². The number of ketones is 1. The van der Waals surface area contributed by atoms with Gasteiger partial charge in [-0.25, -0.2) is 4.79 Å². The molecule has 0 radical (unpaired) electrons. The van der Waals surface area contributed by atoms with E-state index in [9.17, 15) is 9.59 Å². The zero-order valence-electron chi connectivity index (χ0n) is 14.3. The van der Waals surface area contributed by atoms with Crippen LogP contribution < -0.4 is 5.32 Å². The molecule has 0 amide bonds. The number of anilines is 1. The zero-order chi connectivity index (χ0) is 20.5. The summed E-state index contributed by atoms with van der Waals surface area (Å²) in [7, 11) is 0. The first kappa shape index (κ1) is 20.4. The number of hydrogen-bond donors (Lipinski definition) is 1. The number of carbonyl (C=O) groups excluding carboxylic acids is 2. The predicted molar refractivity (Wildman–Crippen MR) is 103 cm³/mol. The molecule has 0 fully saturated rings. The van der Waals surface area contributed by atoms with Crippen LogP contribution in [0, 0.1) is 34.0 Å². The van der Waals surface area contributed by atoms with Gasteiger partial charge in [0, 0.05) is 15.7 Å². The number of ether oxygens (including phenoxy) is 1. The molecule has 0 aliphatic heterocycles. The second kappa shape index (κ2) is 9.68. The number of allylic oxidation sites excluding steroid dienone is 2. The molecule has 2 rings (SSSR count). The van der Waals surface area contributed by atoms with E-state index in [1.807, 2.05) is 0 Å². The fourth-order valence-electron chi connectivity index (χ4n) is 2.05. The molecule has 0 unspecified atom stereocenters. The van der Waals surface area contributed by atoms with Crippen molar-refractivity contribution in [3.63, 3.8) is 0 Å². The predicted octanol–water partition coefficient (Wildman–Crippen LogP) is 3.73. The van der Waals surface area contributed by atoms with Crippen LogP contribution in [0.2, 0.25) is 0 Å². The van der Waals surface area contributed by atoms with Crippen molar-refractivity contribution in [1.82, 2.24) is 0 Å². The molecule has 2 aromatic carbocycles. The molecule has 2 aromatic rings. The summed E-state index contributed by atoms with van der Waals surface area (Å²) in [5.74, 6) is -1.01. The zero-order valence-corrected chi connectivity index (χ0v) is 15.9. The summed E-state index contributed by atoms with van der Waals surface area (Å²) >= 11 is 3.27. The largest absolute Gasteiger partial charge is 0.454 e. The molecule has 0 heterocycles. The Morgan fingerprint density at radius 3 is 2.00 bits per heavy atom. The highest BCUT2D eigenvalue weighted by Gasteiger charge is 2.12. The summed E-state index contributed by atoms with van der Waals surface area (Å²) < 4.78 is 5.86. The maximum Gasteiger partial charge on any atom is 0.338 e. The lowest BCUT2D eigenvalue weighted by Crippen LogP contribution is -2.14. The van der Waals surface area contributed by atoms with Gasteiger partial charge in [-0.1, -0.05) is 28.1 Å². The number of rotatable bonds is 6. The van der Waals surface area contributed by atoms with Crippen molar-refractivity contribution in [2.24, 2.45) is 0 Å². The summed E-state index contributed by atoms with van der Waals surface area (Å²) in [6, 6.07) is 17.5. The van der Waals surface area contributed by atoms with E-state index in [-0.39, 0.29) is 22.6 Å². The molecule has 0 aliphatic rings. The fraction of sp³-hybridized carbons (Fsp3) is 0.0500. The van der Waals surface area contributed by atoms with Crippen molar-refractivity contribution >= 4 is 33.4 Å². The number of nitrogens with zero attached hydrogens (tertiary/aromatic N) is 3. The van der Waals surface area contributed by atoms with E-state index in [2.05, 4.69) is 21.2 Å². The molecule has 0 aliphatic carbocycles. The van der Waals surface area contributed by atoms with Gasteiger partial charge < -0.3 is 10.1 Å². The van der Waals surface area contributed by atoms with Gasteiger partial charge >= 0.3 is 5.97 Å². The monoisotopic (exact) mass is 434 g/mol. The molecular weight excluding hydrogens is 424 g/mol. The first-order valence-corrected chi connectivity index (χ1v) is 8.55. The van der Waals surface area contributed by atoms with Crippen LogP contribution in [-0.2, 0) is 4.74 Å². The maximum atomic E-state index is 12.1. The molecule has 0 atom stereocenters. The molecule has 136 valence electrons. The number of carbonyl (C=O) groups is 2. The Morgan fingerprint density at radius 2 is 1.46 bits per heavy atom. The molecule has 0 saturated carbocycles. The van der Waals surface area contributed by atoms with Crippen molar-refractivity contribution < 1.29 is 14.3 Å². The third-order valence-corrected chi connectivity index (χ3v) is 4.00. The minimum absolute atomic E-state index is 0.194. The van der Waals surface area contributed by atoms with Crippen LogP contribution in [0.25, 0.3) is 0 Å². The summed E-state index contributed by atoms with van der Waals surface area (Å²) in [5, 5.41) is 29.3. The Morgan fingerprint density at radius 1 is 0.893 bits per heavy atom. The Kier molecular flexibility index (Phi) is 7.05. The Labute approximate surface area is 169 Å². The van der Waals surface area contributed by atoms with E-state index in [1.165, 1.54) is 24.3 Å². The van der Waals surface area contributed by atoms with Crippen LogP contribution in [0.15, 0.2) is 64.3 Å². The Balaban J connectivity index is 2.00. The molecule has 1 N–H and O–H groups in total. The first-order chi connectivity index (χ1) is 13.5. The van der Waals surface area contributed by atoms with Crippen LogP contribution in [0.3, 0.4) is 0 Å². The van der Waals surface area contributed by atoms with E-state index in [0.717, 1.165) is 4.47 Å². The van der Waals surface area contributed by atoms with E-state index in [4.69, 9.17) is 20.5 Å². The quantitative estimate of drug-likeness (QED) is 0.416. The van der Waals surface area contributed by atoms with E-state index >= 15 is 0 Å². The smallest absolute Gasteiger partial charge is 0.338 e. The number of hydrogen-bond acceptors (Lipinski definition) is 7. The number of halogens is 1. The molecular formula is C20H11BrN4O3. The lowest BCUT2D eigenvalue weighted by molar-refractivity contribution is 0.0475. The average molecular weight is 435 g/mol. The minimum Gasteiger partial charge on any atom is -0.454 e. The molecule has 0 spiro atoms. The van der Waals surface area contributed by atoms with Crippen LogP contribution in [0.1, 0.15) is 20.7 Å². The molecule has 8 heteroatoms. The highest BCUT2D eigenvalue weighted by molar-refractivity contribution is 9.10. The highest BCUT2D eigenvalue weighted by Crippen LogP contribution is 2.15. The van der Waals surface area contributed by atoms with Gasteiger partial charge in [-0.2, -0.15) is 15.8 Å². The summed E-state index contributed by atoms with van der Waals surface area (Å²) in [6.45, 7) is -0.393. The summed E-state index contributed by atoms with van der Waals surface area (Å²) in [5.41, 5.74) is 0.495. The van der Waals surface area contributed by atoms with Gasteiger partial charge in [0.2, 0.25) is 0 Å². The van der Waals surface area contributed by atoms with Gasteiger partial charge in [0.25, 0.3) is 0 Å². The van der Waals surface area contributed by atoms with E-state index in [0.29, 0.717) is 11.3 Å². The Bertz CT molecular complexity index is 1040. The fourth-order valence-corrected chi connectivity index (χ4v) is 2.32. The SMILES string of the molecule is N#CC(C#N)=C(C#N)Nc1ccc(C(=O)OCC(=O)c2ccc(Br)cc2)cc1. The summed E-state index contributed by atoms with van der Waals surface area (Å²) in [4.78, 5) is 24.1. The Hall–Kier alpha value is -3.93. The molecule has 7 nitrogen and oxygen atoms in total. The molecule has 0 saturated heterocycles. The average Bonchev–Trinajstić information content (AvgIpc) is 2.72. The van der Waals surface area contributed by atoms with Crippen molar-refractivity contribution in [2.75, 3.05) is 11.9 Å². The number of nitriles is 3. The third-order valence-electron chi connectivity index (χ3n) is 3.48. The van der Waals surface area contributed by atoms with Crippen LogP contribution in [0.5, 0.6) is 0 Å². The number of Topliss-reactive ketones (excluding diaryl/α,β-unsaturated/α-hetero) is 1. The standard InChI is InChI=1S/C20H11BrN4O3/c21-16-5-1-13(2-6-16)19(26)12-28-20(27)14-3-7-17(8-4-14)25-18(11-24)15(9-22)10-23/h1-8,25H,12H2. The van der Waals surface area contributed by atoms with Crippen LogP contribution in [-0.4, -0.2) is 18.4 Å². The van der Waals surface area contributed by atoms with Crippen LogP contribution in [0.4, 0.5) is 5.69 Å². The first-order valence-electron chi connectivity index (χ1n) is 7.76. The van der Waals surface area contributed by atoms with Crippen molar-refractivity contribution in [1.29, 1.82) is 15.8 Å². The lowest BCUT2D eigenvalue weighted by atomic mass is 10.1. The number of nitrogens with one attached hydrogen (secondary N) is 1. The molecule has 28 heavy (non-hydrogen) atoms. The van der Waals surface area contributed by atoms with E-state index in [1.54, 1.807) is 42.5 Å². The highest BCUT2D eigenvalue weighted by atomic mass is 79.9. The third kappa shape index (κ3) is 5.28. The van der Waals surface area contributed by atoms with Gasteiger partial charge in [-0.3, -0.25) is 4.79 Å².